The highest BCUT2D eigenvalue weighted by Gasteiger charge is 2.08. The largest absolute Gasteiger partial charge is 0.493 e. The molecule has 0 aliphatic heterocycles. The molecule has 1 N–H and O–H groups in total. The third kappa shape index (κ3) is 5.09. The SMILES string of the molecule is COC(=O)CCCCOc1ccc(C(C)O)cc1OC. The summed E-state index contributed by atoms with van der Waals surface area (Å²) in [7, 11) is 2.94. The lowest BCUT2D eigenvalue weighted by Crippen LogP contribution is -2.03. The van der Waals surface area contributed by atoms with Gasteiger partial charge in [0, 0.05) is 6.42 Å². The molecule has 5 heteroatoms. The maximum absolute atomic E-state index is 10.9. The van der Waals surface area contributed by atoms with E-state index in [9.17, 15) is 9.90 Å². The second kappa shape index (κ2) is 8.43. The zero-order valence-corrected chi connectivity index (χ0v) is 12.2. The molecule has 0 spiro atoms. The Hall–Kier alpha value is -1.75. The van der Waals surface area contributed by atoms with Crippen LogP contribution >= 0.6 is 0 Å². The van der Waals surface area contributed by atoms with Crippen molar-refractivity contribution in [2.24, 2.45) is 0 Å². The molecule has 0 saturated carbocycles. The van der Waals surface area contributed by atoms with Crippen LogP contribution in [0.25, 0.3) is 0 Å². The fourth-order valence-electron chi connectivity index (χ4n) is 1.72. The average Bonchev–Trinajstić information content (AvgIpc) is 2.46. The van der Waals surface area contributed by atoms with E-state index in [0.29, 0.717) is 24.5 Å². The van der Waals surface area contributed by atoms with E-state index >= 15 is 0 Å². The Labute approximate surface area is 119 Å². The zero-order chi connectivity index (χ0) is 15.0. The number of aliphatic hydroxyl groups is 1. The first-order valence-electron chi connectivity index (χ1n) is 6.64. The van der Waals surface area contributed by atoms with Crippen molar-refractivity contribution in [3.63, 3.8) is 0 Å². The lowest BCUT2D eigenvalue weighted by molar-refractivity contribution is -0.140. The minimum Gasteiger partial charge on any atom is -0.493 e. The molecule has 0 fully saturated rings. The van der Waals surface area contributed by atoms with Gasteiger partial charge >= 0.3 is 5.97 Å². The van der Waals surface area contributed by atoms with Gasteiger partial charge in [-0.05, 0) is 37.5 Å². The van der Waals surface area contributed by atoms with E-state index < -0.39 is 6.10 Å². The van der Waals surface area contributed by atoms with Gasteiger partial charge in [-0.1, -0.05) is 6.07 Å². The van der Waals surface area contributed by atoms with Crippen molar-refractivity contribution in [3.05, 3.63) is 23.8 Å². The van der Waals surface area contributed by atoms with Crippen LogP contribution in [0.5, 0.6) is 11.5 Å². The molecular weight excluding hydrogens is 260 g/mol. The van der Waals surface area contributed by atoms with Gasteiger partial charge in [-0.2, -0.15) is 0 Å². The van der Waals surface area contributed by atoms with Crippen molar-refractivity contribution >= 4 is 5.97 Å². The molecule has 1 rings (SSSR count). The molecule has 0 amide bonds. The minimum atomic E-state index is -0.544. The van der Waals surface area contributed by atoms with Crippen molar-refractivity contribution < 1.29 is 24.1 Å². The fourth-order valence-corrected chi connectivity index (χ4v) is 1.72. The van der Waals surface area contributed by atoms with Crippen LogP contribution in [-0.2, 0) is 9.53 Å². The maximum atomic E-state index is 10.9. The normalized spacial score (nSPS) is 11.8. The number of unbranched alkanes of at least 4 members (excludes halogenated alkanes) is 1. The second-order valence-corrected chi connectivity index (χ2v) is 4.47. The Balaban J connectivity index is 2.45. The number of benzene rings is 1. The van der Waals surface area contributed by atoms with Crippen molar-refractivity contribution in [2.75, 3.05) is 20.8 Å². The van der Waals surface area contributed by atoms with Crippen LogP contribution < -0.4 is 9.47 Å². The van der Waals surface area contributed by atoms with Gasteiger partial charge in [0.05, 0.1) is 26.9 Å². The van der Waals surface area contributed by atoms with Crippen molar-refractivity contribution in [3.8, 4) is 11.5 Å². The molecule has 0 aliphatic rings. The third-order valence-electron chi connectivity index (χ3n) is 2.93. The molecule has 1 aromatic rings. The zero-order valence-electron chi connectivity index (χ0n) is 12.2. The van der Waals surface area contributed by atoms with Crippen molar-refractivity contribution in [1.29, 1.82) is 0 Å². The Bertz CT molecular complexity index is 428. The lowest BCUT2D eigenvalue weighted by atomic mass is 10.1. The third-order valence-corrected chi connectivity index (χ3v) is 2.93. The van der Waals surface area contributed by atoms with E-state index in [1.165, 1.54) is 7.11 Å². The van der Waals surface area contributed by atoms with E-state index in [4.69, 9.17) is 9.47 Å². The van der Waals surface area contributed by atoms with E-state index in [-0.39, 0.29) is 5.97 Å². The minimum absolute atomic E-state index is 0.205. The first kappa shape index (κ1) is 16.3. The van der Waals surface area contributed by atoms with Crippen molar-refractivity contribution in [1.82, 2.24) is 0 Å². The summed E-state index contributed by atoms with van der Waals surface area (Å²) in [6.07, 6.45) is 1.34. The molecule has 0 radical (unpaired) electrons. The smallest absolute Gasteiger partial charge is 0.305 e. The van der Waals surface area contributed by atoms with Gasteiger partial charge in [0.15, 0.2) is 11.5 Å². The number of hydrogen-bond acceptors (Lipinski definition) is 5. The summed E-state index contributed by atoms with van der Waals surface area (Å²) >= 11 is 0. The van der Waals surface area contributed by atoms with Crippen LogP contribution in [0.15, 0.2) is 18.2 Å². The summed E-state index contributed by atoms with van der Waals surface area (Å²) in [5, 5.41) is 9.52. The molecule has 5 nitrogen and oxygen atoms in total. The van der Waals surface area contributed by atoms with Crippen LogP contribution in [0, 0.1) is 0 Å². The van der Waals surface area contributed by atoms with Gasteiger partial charge in [0.25, 0.3) is 0 Å². The summed E-state index contributed by atoms with van der Waals surface area (Å²) < 4.78 is 15.4. The summed E-state index contributed by atoms with van der Waals surface area (Å²) in [5.41, 5.74) is 0.778. The summed E-state index contributed by atoms with van der Waals surface area (Å²) in [6.45, 7) is 2.20. The monoisotopic (exact) mass is 282 g/mol. The molecule has 0 aromatic heterocycles. The number of esters is 1. The average molecular weight is 282 g/mol. The lowest BCUT2D eigenvalue weighted by Gasteiger charge is -2.13. The van der Waals surface area contributed by atoms with Crippen molar-refractivity contribution in [2.45, 2.75) is 32.3 Å². The molecule has 20 heavy (non-hydrogen) atoms. The Morgan fingerprint density at radius 3 is 2.60 bits per heavy atom. The number of rotatable bonds is 8. The highest BCUT2D eigenvalue weighted by molar-refractivity contribution is 5.68. The maximum Gasteiger partial charge on any atom is 0.305 e. The molecule has 1 atom stereocenters. The highest BCUT2D eigenvalue weighted by Crippen LogP contribution is 2.30. The molecule has 112 valence electrons. The van der Waals surface area contributed by atoms with Crippen LogP contribution in [0.1, 0.15) is 37.9 Å². The molecule has 0 heterocycles. The van der Waals surface area contributed by atoms with E-state index in [0.717, 1.165) is 18.4 Å². The van der Waals surface area contributed by atoms with Gasteiger partial charge in [-0.25, -0.2) is 0 Å². The Morgan fingerprint density at radius 2 is 2.00 bits per heavy atom. The summed E-state index contributed by atoms with van der Waals surface area (Å²) in [6, 6.07) is 5.34. The van der Waals surface area contributed by atoms with Crippen LogP contribution in [-0.4, -0.2) is 31.9 Å². The fraction of sp³-hybridized carbons (Fsp3) is 0.533. The quantitative estimate of drug-likeness (QED) is 0.586. The molecule has 0 aliphatic carbocycles. The van der Waals surface area contributed by atoms with Gasteiger partial charge in [0.1, 0.15) is 0 Å². The first-order chi connectivity index (χ1) is 9.58. The Morgan fingerprint density at radius 1 is 1.25 bits per heavy atom. The van der Waals surface area contributed by atoms with Crippen LogP contribution in [0.2, 0.25) is 0 Å². The molecule has 1 aromatic carbocycles. The van der Waals surface area contributed by atoms with E-state index in [1.54, 1.807) is 32.2 Å². The van der Waals surface area contributed by atoms with Crippen LogP contribution in [0.4, 0.5) is 0 Å². The number of methoxy groups -OCH3 is 2. The first-order valence-corrected chi connectivity index (χ1v) is 6.64. The number of hydrogen-bond donors (Lipinski definition) is 1. The molecule has 1 unspecified atom stereocenters. The second-order valence-electron chi connectivity index (χ2n) is 4.47. The molecule has 0 saturated heterocycles. The number of aliphatic hydroxyl groups excluding tert-OH is 1. The standard InChI is InChI=1S/C15H22O5/c1-11(16)12-7-8-13(14(10-12)18-2)20-9-5-4-6-15(17)19-3/h7-8,10-11,16H,4-6,9H2,1-3H3. The number of ether oxygens (including phenoxy) is 3. The van der Waals surface area contributed by atoms with Gasteiger partial charge < -0.3 is 19.3 Å². The van der Waals surface area contributed by atoms with E-state index in [1.807, 2.05) is 0 Å². The molecular formula is C15H22O5. The summed E-state index contributed by atoms with van der Waals surface area (Å²) in [5.74, 6) is 1.02. The number of carbonyl (C=O) groups is 1. The number of carbonyl (C=O) groups excluding carboxylic acids is 1. The van der Waals surface area contributed by atoms with Gasteiger partial charge in [0.2, 0.25) is 0 Å². The summed E-state index contributed by atoms with van der Waals surface area (Å²) in [4.78, 5) is 10.9. The van der Waals surface area contributed by atoms with E-state index in [2.05, 4.69) is 4.74 Å². The predicted octanol–water partition coefficient (Wildman–Crippen LogP) is 2.47. The topological polar surface area (TPSA) is 65.0 Å². The van der Waals surface area contributed by atoms with Crippen LogP contribution in [0.3, 0.4) is 0 Å². The Kier molecular flexibility index (Phi) is 6.87. The predicted molar refractivity (Wildman–Crippen MR) is 75.0 cm³/mol. The molecule has 0 bridgehead atoms. The highest BCUT2D eigenvalue weighted by atomic mass is 16.5. The van der Waals surface area contributed by atoms with Gasteiger partial charge in [-0.3, -0.25) is 4.79 Å². The van der Waals surface area contributed by atoms with Gasteiger partial charge in [-0.15, -0.1) is 0 Å².